The first-order valence-corrected chi connectivity index (χ1v) is 9.66. The van der Waals surface area contributed by atoms with Gasteiger partial charge in [0.25, 0.3) is 11.8 Å². The van der Waals surface area contributed by atoms with Crippen LogP contribution in [0.5, 0.6) is 5.75 Å². The minimum absolute atomic E-state index is 0.0367. The topological polar surface area (TPSA) is 93.2 Å². The van der Waals surface area contributed by atoms with Gasteiger partial charge in [0.1, 0.15) is 11.6 Å². The molecule has 7 nitrogen and oxygen atoms in total. The van der Waals surface area contributed by atoms with Crippen LogP contribution in [0.25, 0.3) is 0 Å². The summed E-state index contributed by atoms with van der Waals surface area (Å²) in [4.78, 5) is 24.4. The van der Waals surface area contributed by atoms with Crippen LogP contribution in [-0.4, -0.2) is 28.1 Å². The Kier molecular flexibility index (Phi) is 6.50. The smallest absolute Gasteiger partial charge is 0.286 e. The number of carbonyl (C=O) groups is 2. The van der Waals surface area contributed by atoms with E-state index in [2.05, 4.69) is 20.8 Å². The van der Waals surface area contributed by atoms with Gasteiger partial charge in [-0.2, -0.15) is 0 Å². The number of anilines is 1. The third kappa shape index (κ3) is 5.82. The molecule has 150 valence electrons. The van der Waals surface area contributed by atoms with Crippen LogP contribution in [0.1, 0.15) is 39.0 Å². The first kappa shape index (κ1) is 20.4. The molecule has 2 amide bonds. The van der Waals surface area contributed by atoms with Gasteiger partial charge in [0, 0.05) is 12.2 Å². The molecule has 0 radical (unpaired) electrons. The summed E-state index contributed by atoms with van der Waals surface area (Å²) in [6.45, 7) is 4.20. The lowest BCUT2D eigenvalue weighted by molar-refractivity contribution is 0.0948. The van der Waals surface area contributed by atoms with Gasteiger partial charge in [0.15, 0.2) is 0 Å². The van der Waals surface area contributed by atoms with Crippen molar-refractivity contribution in [3.8, 4) is 5.75 Å². The van der Waals surface area contributed by atoms with E-state index in [-0.39, 0.29) is 16.1 Å². The number of ether oxygens (including phenoxy) is 1. The molecule has 0 saturated heterocycles. The number of amides is 2. The maximum absolute atomic E-state index is 12.9. The van der Waals surface area contributed by atoms with E-state index in [1.807, 2.05) is 38.1 Å². The van der Waals surface area contributed by atoms with Gasteiger partial charge in [-0.05, 0) is 55.8 Å². The summed E-state index contributed by atoms with van der Waals surface area (Å²) in [5.74, 6) is -0.587. The van der Waals surface area contributed by atoms with Crippen LogP contribution in [0.2, 0.25) is 0 Å². The fourth-order valence-electron chi connectivity index (χ4n) is 2.34. The Labute approximate surface area is 170 Å². The number of hydrogen-bond acceptors (Lipinski definition) is 6. The lowest BCUT2D eigenvalue weighted by atomic mass is 10.2. The maximum atomic E-state index is 12.9. The molecule has 2 aromatic carbocycles. The molecule has 29 heavy (non-hydrogen) atoms. The second kappa shape index (κ2) is 9.24. The summed E-state index contributed by atoms with van der Waals surface area (Å²) < 4.78 is 18.5. The molecular weight excluding hydrogens is 395 g/mol. The average molecular weight is 414 g/mol. The Morgan fingerprint density at radius 1 is 1.00 bits per heavy atom. The van der Waals surface area contributed by atoms with Crippen LogP contribution >= 0.6 is 11.3 Å². The van der Waals surface area contributed by atoms with Crippen LogP contribution < -0.4 is 15.4 Å². The summed E-state index contributed by atoms with van der Waals surface area (Å²) in [7, 11) is 0. The molecule has 0 aliphatic rings. The van der Waals surface area contributed by atoms with Gasteiger partial charge in [-0.15, -0.1) is 10.2 Å². The van der Waals surface area contributed by atoms with Gasteiger partial charge >= 0.3 is 0 Å². The fraction of sp³-hybridized carbons (Fsp3) is 0.200. The molecule has 0 saturated carbocycles. The van der Waals surface area contributed by atoms with E-state index < -0.39 is 17.6 Å². The molecule has 0 bridgehead atoms. The van der Waals surface area contributed by atoms with Crippen molar-refractivity contribution in [2.24, 2.45) is 0 Å². The van der Waals surface area contributed by atoms with Crippen molar-refractivity contribution in [2.45, 2.75) is 26.5 Å². The highest BCUT2D eigenvalue weighted by Gasteiger charge is 2.17. The third-order valence-electron chi connectivity index (χ3n) is 3.66. The molecule has 1 heterocycles. The van der Waals surface area contributed by atoms with Gasteiger partial charge in [-0.1, -0.05) is 23.5 Å². The second-order valence-electron chi connectivity index (χ2n) is 6.37. The van der Waals surface area contributed by atoms with Crippen molar-refractivity contribution < 1.29 is 18.7 Å². The molecule has 2 N–H and O–H groups in total. The van der Waals surface area contributed by atoms with Crippen molar-refractivity contribution in [3.63, 3.8) is 0 Å². The first-order chi connectivity index (χ1) is 13.9. The molecule has 3 rings (SSSR count). The third-order valence-corrected chi connectivity index (χ3v) is 4.58. The van der Waals surface area contributed by atoms with Gasteiger partial charge in [-0.3, -0.25) is 9.59 Å². The quantitative estimate of drug-likeness (QED) is 0.616. The van der Waals surface area contributed by atoms with Crippen molar-refractivity contribution in [3.05, 3.63) is 69.9 Å². The monoisotopic (exact) mass is 414 g/mol. The Bertz CT molecular complexity index is 988. The van der Waals surface area contributed by atoms with Crippen molar-refractivity contribution >= 4 is 28.8 Å². The number of nitrogens with one attached hydrogen (secondary N) is 2. The Balaban J connectivity index is 1.54. The van der Waals surface area contributed by atoms with Gasteiger partial charge < -0.3 is 15.4 Å². The van der Waals surface area contributed by atoms with Crippen molar-refractivity contribution in [1.29, 1.82) is 0 Å². The summed E-state index contributed by atoms with van der Waals surface area (Å²) in [6, 6.07) is 12.7. The molecule has 0 aliphatic carbocycles. The van der Waals surface area contributed by atoms with E-state index >= 15 is 0 Å². The first-order valence-electron chi connectivity index (χ1n) is 8.85. The highest BCUT2D eigenvalue weighted by Crippen LogP contribution is 2.16. The Hall–Kier alpha value is -3.33. The molecule has 0 spiro atoms. The highest BCUT2D eigenvalue weighted by atomic mass is 32.1. The average Bonchev–Trinajstić information content (AvgIpc) is 3.19. The van der Waals surface area contributed by atoms with E-state index in [0.29, 0.717) is 12.2 Å². The fourth-order valence-corrected chi connectivity index (χ4v) is 3.00. The van der Waals surface area contributed by atoms with Gasteiger partial charge in [-0.25, -0.2) is 4.39 Å². The van der Waals surface area contributed by atoms with E-state index in [4.69, 9.17) is 4.74 Å². The summed E-state index contributed by atoms with van der Waals surface area (Å²) in [6.07, 6.45) is 0.0902. The molecule has 9 heteroatoms. The predicted molar refractivity (Wildman–Crippen MR) is 108 cm³/mol. The van der Waals surface area contributed by atoms with Crippen molar-refractivity contribution in [1.82, 2.24) is 15.5 Å². The summed E-state index contributed by atoms with van der Waals surface area (Å²) in [5.41, 5.74) is 1.32. The summed E-state index contributed by atoms with van der Waals surface area (Å²) in [5, 5.41) is 12.9. The molecule has 3 aromatic rings. The Morgan fingerprint density at radius 3 is 2.24 bits per heavy atom. The van der Waals surface area contributed by atoms with Crippen LogP contribution in [0.15, 0.2) is 48.5 Å². The number of hydrogen-bond donors (Lipinski definition) is 2. The number of halogens is 1. The zero-order chi connectivity index (χ0) is 20.8. The Morgan fingerprint density at radius 2 is 1.62 bits per heavy atom. The number of nitrogens with zero attached hydrogens (tertiary/aromatic N) is 2. The number of aromatic nitrogens is 2. The second-order valence-corrected chi connectivity index (χ2v) is 7.34. The van der Waals surface area contributed by atoms with E-state index in [1.165, 1.54) is 24.3 Å². The lowest BCUT2D eigenvalue weighted by Gasteiger charge is -2.10. The minimum atomic E-state index is -0.520. The number of rotatable bonds is 7. The maximum Gasteiger partial charge on any atom is 0.286 e. The largest absolute Gasteiger partial charge is 0.491 e. The number of benzene rings is 2. The summed E-state index contributed by atoms with van der Waals surface area (Å²) >= 11 is 0.876. The van der Waals surface area contributed by atoms with Gasteiger partial charge in [0.05, 0.1) is 6.10 Å². The van der Waals surface area contributed by atoms with Crippen LogP contribution in [0, 0.1) is 5.82 Å². The normalized spacial score (nSPS) is 10.6. The zero-order valence-electron chi connectivity index (χ0n) is 15.8. The number of carbonyl (C=O) groups excluding carboxylic acids is 2. The van der Waals surface area contributed by atoms with E-state index in [0.717, 1.165) is 22.6 Å². The minimum Gasteiger partial charge on any atom is -0.491 e. The SMILES string of the molecule is CC(C)Oc1ccc(CNC(=O)c2nnc(C(=O)Nc3ccc(F)cc3)s2)cc1. The highest BCUT2D eigenvalue weighted by molar-refractivity contribution is 7.15. The molecule has 0 unspecified atom stereocenters. The van der Waals surface area contributed by atoms with E-state index in [9.17, 15) is 14.0 Å². The molecule has 0 aliphatic heterocycles. The van der Waals surface area contributed by atoms with Gasteiger partial charge in [0.2, 0.25) is 10.0 Å². The van der Waals surface area contributed by atoms with Crippen molar-refractivity contribution in [2.75, 3.05) is 5.32 Å². The standard InChI is InChI=1S/C20H19FN4O3S/c1-12(2)28-16-9-3-13(4-10-16)11-22-17(26)19-24-25-20(29-19)18(27)23-15-7-5-14(21)6-8-15/h3-10,12H,11H2,1-2H3,(H,22,26)(H,23,27). The predicted octanol–water partition coefficient (Wildman–Crippen LogP) is 3.65. The van der Waals surface area contributed by atoms with E-state index in [1.54, 1.807) is 0 Å². The lowest BCUT2D eigenvalue weighted by Crippen LogP contribution is -2.22. The van der Waals surface area contributed by atoms with Crippen LogP contribution in [-0.2, 0) is 6.54 Å². The van der Waals surface area contributed by atoms with Crippen LogP contribution in [0.4, 0.5) is 10.1 Å². The molecule has 0 atom stereocenters. The molecule has 1 aromatic heterocycles. The van der Waals surface area contributed by atoms with Crippen LogP contribution in [0.3, 0.4) is 0 Å². The molecular formula is C20H19FN4O3S. The molecule has 0 fully saturated rings. The zero-order valence-corrected chi connectivity index (χ0v) is 16.6.